The van der Waals surface area contributed by atoms with E-state index < -0.39 is 29.9 Å². The maximum atomic E-state index is 11.8. The van der Waals surface area contributed by atoms with Crippen LogP contribution in [-0.2, 0) is 19.2 Å². The summed E-state index contributed by atoms with van der Waals surface area (Å²) in [5, 5.41) is 21.1. The predicted octanol–water partition coefficient (Wildman–Crippen LogP) is 3.50. The van der Waals surface area contributed by atoms with Gasteiger partial charge in [0.05, 0.1) is 12.2 Å². The van der Waals surface area contributed by atoms with Gasteiger partial charge in [-0.3, -0.25) is 10.1 Å². The molecule has 1 aliphatic carbocycles. The maximum absolute atomic E-state index is 11.8. The highest BCUT2D eigenvalue weighted by Crippen LogP contribution is 2.54. The fourth-order valence-electron chi connectivity index (χ4n) is 5.58. The molecule has 3 rings (SSSR count). The molecule has 0 radical (unpaired) electrons. The normalized spacial score (nSPS) is 43.6. The molecule has 2 bridgehead atoms. The zero-order chi connectivity index (χ0) is 20.8. The molecule has 1 unspecified atom stereocenters. The topological polar surface area (TPSA) is 85.2 Å². The summed E-state index contributed by atoms with van der Waals surface area (Å²) in [5.74, 6) is 0.598. The van der Waals surface area contributed by atoms with E-state index in [9.17, 15) is 15.2 Å². The molecule has 0 spiro atoms. The van der Waals surface area contributed by atoms with E-state index in [0.717, 1.165) is 6.42 Å². The lowest BCUT2D eigenvalue weighted by Crippen LogP contribution is -2.56. The van der Waals surface area contributed by atoms with Crippen LogP contribution in [0.25, 0.3) is 0 Å². The summed E-state index contributed by atoms with van der Waals surface area (Å²) in [5.41, 5.74) is 0.528. The van der Waals surface area contributed by atoms with Crippen molar-refractivity contribution in [3.05, 3.63) is 23.8 Å². The highest BCUT2D eigenvalue weighted by atomic mass is 17.1. The minimum Gasteiger partial charge on any atom is -0.459 e. The van der Waals surface area contributed by atoms with Gasteiger partial charge in [0.15, 0.2) is 0 Å². The van der Waals surface area contributed by atoms with Gasteiger partial charge < -0.3 is 14.6 Å². The fraction of sp³-hybridized carbons (Fsp3) is 0.773. The Bertz CT molecular complexity index is 651. The highest BCUT2D eigenvalue weighted by Gasteiger charge is 2.59. The number of fused-ring (bicyclic) bond motifs is 5. The summed E-state index contributed by atoms with van der Waals surface area (Å²) in [6.45, 7) is 13.6. The van der Waals surface area contributed by atoms with Crippen molar-refractivity contribution in [1.29, 1.82) is 0 Å². The van der Waals surface area contributed by atoms with Crippen LogP contribution >= 0.6 is 0 Å². The number of carbonyl (C=O) groups excluding carboxylic acids is 1. The Hall–Kier alpha value is -1.21. The number of allylic oxidation sites excluding steroid dienone is 1. The summed E-state index contributed by atoms with van der Waals surface area (Å²) < 4.78 is 12.0. The van der Waals surface area contributed by atoms with Gasteiger partial charge >= 0.3 is 5.97 Å². The van der Waals surface area contributed by atoms with Gasteiger partial charge in [-0.25, -0.2) is 4.89 Å². The fourth-order valence-corrected chi connectivity index (χ4v) is 5.58. The van der Waals surface area contributed by atoms with Crippen LogP contribution in [0.1, 0.15) is 53.9 Å². The lowest BCUT2D eigenvalue weighted by Gasteiger charge is -2.45. The third kappa shape index (κ3) is 3.67. The zero-order valence-corrected chi connectivity index (χ0v) is 17.6. The summed E-state index contributed by atoms with van der Waals surface area (Å²) in [6, 6.07) is 0. The van der Waals surface area contributed by atoms with E-state index >= 15 is 0 Å². The van der Waals surface area contributed by atoms with Gasteiger partial charge in [0.1, 0.15) is 17.8 Å². The number of ether oxygens (including phenoxy) is 2. The Morgan fingerprint density at radius 1 is 1.43 bits per heavy atom. The summed E-state index contributed by atoms with van der Waals surface area (Å²) >= 11 is 0. The first kappa shape index (κ1) is 21.5. The molecule has 0 saturated carbocycles. The average molecular weight is 395 g/mol. The van der Waals surface area contributed by atoms with E-state index in [1.54, 1.807) is 6.92 Å². The Kier molecular flexibility index (Phi) is 6.07. The molecule has 0 aromatic carbocycles. The van der Waals surface area contributed by atoms with Gasteiger partial charge in [-0.1, -0.05) is 32.1 Å². The first-order valence-electron chi connectivity index (χ1n) is 10.3. The first-order valence-corrected chi connectivity index (χ1v) is 10.3. The van der Waals surface area contributed by atoms with Gasteiger partial charge in [-0.15, -0.1) is 0 Å². The lowest BCUT2D eigenvalue weighted by molar-refractivity contribution is -0.278. The molecule has 2 saturated heterocycles. The molecule has 2 heterocycles. The highest BCUT2D eigenvalue weighted by molar-refractivity contribution is 5.66. The van der Waals surface area contributed by atoms with Crippen LogP contribution in [0.2, 0.25) is 0 Å². The van der Waals surface area contributed by atoms with Crippen molar-refractivity contribution in [3.63, 3.8) is 0 Å². The van der Waals surface area contributed by atoms with Gasteiger partial charge in [0.25, 0.3) is 0 Å². The molecule has 8 atom stereocenters. The van der Waals surface area contributed by atoms with Crippen LogP contribution in [0.3, 0.4) is 0 Å². The molecule has 2 N–H and O–H groups in total. The van der Waals surface area contributed by atoms with Gasteiger partial charge in [0.2, 0.25) is 0 Å². The van der Waals surface area contributed by atoms with Gasteiger partial charge in [-0.05, 0) is 44.1 Å². The zero-order valence-electron chi connectivity index (χ0n) is 17.6. The van der Waals surface area contributed by atoms with Gasteiger partial charge in [0, 0.05) is 25.2 Å². The number of hydrogen-bond donors (Lipinski definition) is 2. The van der Waals surface area contributed by atoms with E-state index in [1.807, 2.05) is 0 Å². The van der Waals surface area contributed by atoms with E-state index in [2.05, 4.69) is 38.3 Å². The quantitative estimate of drug-likeness (QED) is 0.330. The summed E-state index contributed by atoms with van der Waals surface area (Å²) in [6.07, 6.45) is 1.67. The van der Waals surface area contributed by atoms with Crippen LogP contribution in [-0.4, -0.2) is 46.3 Å². The predicted molar refractivity (Wildman–Crippen MR) is 104 cm³/mol. The molecule has 0 amide bonds. The Labute approximate surface area is 167 Å². The van der Waals surface area contributed by atoms with Gasteiger partial charge in [-0.2, -0.15) is 0 Å². The smallest absolute Gasteiger partial charge is 0.303 e. The van der Waals surface area contributed by atoms with E-state index in [1.165, 1.54) is 12.5 Å². The SMILES string of the molecule is C=C1C[C@H]2O[C@H](C3[C@@H](C(C)C)CC=C(C)[C@@H]32)[C@](C)(O)[C@@H](OC(C)=O)C[C@@H]1OO. The van der Waals surface area contributed by atoms with Crippen LogP contribution in [0.5, 0.6) is 0 Å². The Balaban J connectivity index is 2.08. The summed E-state index contributed by atoms with van der Waals surface area (Å²) in [7, 11) is 0. The summed E-state index contributed by atoms with van der Waals surface area (Å²) in [4.78, 5) is 16.4. The molecule has 2 fully saturated rings. The van der Waals surface area contributed by atoms with Crippen LogP contribution in [0, 0.1) is 23.7 Å². The van der Waals surface area contributed by atoms with Crippen LogP contribution in [0.15, 0.2) is 23.8 Å². The molecule has 6 heteroatoms. The molecule has 0 aromatic rings. The maximum Gasteiger partial charge on any atom is 0.303 e. The second-order valence-corrected chi connectivity index (χ2v) is 9.31. The minimum atomic E-state index is -1.42. The second-order valence-electron chi connectivity index (χ2n) is 9.31. The Morgan fingerprint density at radius 2 is 2.11 bits per heavy atom. The lowest BCUT2D eigenvalue weighted by atomic mass is 9.62. The molecular weight excluding hydrogens is 360 g/mol. The van der Waals surface area contributed by atoms with Crippen molar-refractivity contribution in [2.75, 3.05) is 0 Å². The number of hydrogen-bond acceptors (Lipinski definition) is 6. The number of aliphatic hydroxyl groups is 1. The molecule has 6 nitrogen and oxygen atoms in total. The van der Waals surface area contributed by atoms with E-state index in [0.29, 0.717) is 23.8 Å². The van der Waals surface area contributed by atoms with Crippen molar-refractivity contribution < 1.29 is 29.5 Å². The number of rotatable bonds is 3. The van der Waals surface area contributed by atoms with Crippen molar-refractivity contribution in [2.24, 2.45) is 23.7 Å². The molecule has 2 aliphatic heterocycles. The second kappa shape index (κ2) is 7.90. The Morgan fingerprint density at radius 3 is 2.68 bits per heavy atom. The third-order valence-corrected chi connectivity index (χ3v) is 7.08. The van der Waals surface area contributed by atoms with Crippen molar-refractivity contribution >= 4 is 5.97 Å². The van der Waals surface area contributed by atoms with Crippen molar-refractivity contribution in [3.8, 4) is 0 Å². The number of esters is 1. The first-order chi connectivity index (χ1) is 13.1. The number of carbonyl (C=O) groups is 1. The minimum absolute atomic E-state index is 0.127. The molecule has 3 aliphatic rings. The molecular formula is C22H34O6. The van der Waals surface area contributed by atoms with Crippen molar-refractivity contribution in [2.45, 2.75) is 83.9 Å². The molecule has 0 aromatic heterocycles. The monoisotopic (exact) mass is 394 g/mol. The van der Waals surface area contributed by atoms with Crippen LogP contribution in [0.4, 0.5) is 0 Å². The average Bonchev–Trinajstić information content (AvgIpc) is 2.99. The van der Waals surface area contributed by atoms with E-state index in [-0.39, 0.29) is 24.4 Å². The van der Waals surface area contributed by atoms with Crippen molar-refractivity contribution in [1.82, 2.24) is 0 Å². The standard InChI is InChI=1S/C22H34O6/c1-11(2)15-8-7-12(3)19-17-9-13(4)16(28-25)10-18(26-14(5)23)22(6,24)21(27-17)20(15)19/h7,11,15-21,24-25H,4,8-10H2,1-3,5-6H3/t15-,16+,17-,18+,19-,20?,21-,22-/m1/s1. The molecule has 158 valence electrons. The van der Waals surface area contributed by atoms with E-state index in [4.69, 9.17) is 9.47 Å². The van der Waals surface area contributed by atoms with Crippen LogP contribution < -0.4 is 0 Å². The largest absolute Gasteiger partial charge is 0.459 e. The molecule has 28 heavy (non-hydrogen) atoms. The third-order valence-electron chi connectivity index (χ3n) is 7.08.